The molecule has 6 saturated carbocycles. The molecule has 6 rings (SSSR count). The minimum absolute atomic E-state index is 0.0828. The molecular formula is C42H70F6O9. The maximum atomic E-state index is 12.5. The van der Waals surface area contributed by atoms with E-state index >= 15 is 0 Å². The van der Waals surface area contributed by atoms with Gasteiger partial charge in [-0.2, -0.15) is 26.3 Å². The average Bonchev–Trinajstić information content (AvgIpc) is 3.72. The molecule has 57 heavy (non-hydrogen) atoms. The van der Waals surface area contributed by atoms with E-state index in [1.54, 1.807) is 0 Å². The van der Waals surface area contributed by atoms with Gasteiger partial charge >= 0.3 is 30.3 Å². The Morgan fingerprint density at radius 1 is 0.684 bits per heavy atom. The number of rotatable bonds is 11. The van der Waals surface area contributed by atoms with Gasteiger partial charge in [0, 0.05) is 6.42 Å². The van der Waals surface area contributed by atoms with Crippen LogP contribution in [0.25, 0.3) is 0 Å². The minimum atomic E-state index is -5.67. The van der Waals surface area contributed by atoms with Gasteiger partial charge in [-0.15, -0.1) is 0 Å². The summed E-state index contributed by atoms with van der Waals surface area (Å²) in [5.41, 5.74) is -6.62. The fourth-order valence-corrected chi connectivity index (χ4v) is 9.03. The second-order valence-corrected chi connectivity index (χ2v) is 19.3. The molecule has 334 valence electrons. The van der Waals surface area contributed by atoms with Crippen LogP contribution in [0, 0.1) is 45.8 Å². The van der Waals surface area contributed by atoms with E-state index in [4.69, 9.17) is 19.7 Å². The summed E-state index contributed by atoms with van der Waals surface area (Å²) in [5.74, 6) is 0.140. The van der Waals surface area contributed by atoms with E-state index in [0.717, 1.165) is 51.4 Å². The highest BCUT2D eigenvalue weighted by Gasteiger charge is 2.71. The van der Waals surface area contributed by atoms with E-state index in [2.05, 4.69) is 4.74 Å². The zero-order chi connectivity index (χ0) is 44.1. The van der Waals surface area contributed by atoms with Crippen molar-refractivity contribution in [1.29, 1.82) is 0 Å². The second kappa shape index (κ2) is 19.1. The Morgan fingerprint density at radius 2 is 1.16 bits per heavy atom. The van der Waals surface area contributed by atoms with Gasteiger partial charge in [-0.3, -0.25) is 14.4 Å². The maximum absolute atomic E-state index is 12.5. The van der Waals surface area contributed by atoms with Gasteiger partial charge in [0.15, 0.2) is 0 Å². The van der Waals surface area contributed by atoms with Gasteiger partial charge in [0.1, 0.15) is 12.2 Å². The molecule has 15 heteroatoms. The fraction of sp³-hybridized carbons (Fsp3) is 0.929. The predicted octanol–water partition coefficient (Wildman–Crippen LogP) is 9.27. The normalized spacial score (nSPS) is 29.2. The number of ether oxygens (including phenoxy) is 3. The number of halogens is 6. The Bertz CT molecular complexity index is 1310. The smallest absolute Gasteiger partial charge is 0.426 e. The van der Waals surface area contributed by atoms with Crippen LogP contribution in [0.2, 0.25) is 0 Å². The van der Waals surface area contributed by atoms with Gasteiger partial charge in [-0.25, -0.2) is 0 Å². The molecule has 0 heterocycles. The number of hydrogen-bond acceptors (Lipinski definition) is 9. The highest BCUT2D eigenvalue weighted by molar-refractivity contribution is 5.76. The van der Waals surface area contributed by atoms with E-state index in [0.29, 0.717) is 37.5 Å². The van der Waals surface area contributed by atoms with E-state index in [1.807, 2.05) is 62.3 Å². The third-order valence-corrected chi connectivity index (χ3v) is 13.5. The van der Waals surface area contributed by atoms with Gasteiger partial charge in [0.25, 0.3) is 5.60 Å². The van der Waals surface area contributed by atoms with Crippen molar-refractivity contribution in [2.24, 2.45) is 45.8 Å². The minimum Gasteiger partial charge on any atom is -0.469 e. The summed E-state index contributed by atoms with van der Waals surface area (Å²) in [6, 6.07) is 0. The molecule has 6 aliphatic carbocycles. The Hall–Kier alpha value is -2.13. The number of esters is 3. The zero-order valence-corrected chi connectivity index (χ0v) is 35.8. The van der Waals surface area contributed by atoms with Crippen LogP contribution in [0.4, 0.5) is 26.3 Å². The van der Waals surface area contributed by atoms with Gasteiger partial charge < -0.3 is 29.5 Å². The van der Waals surface area contributed by atoms with Crippen LogP contribution in [-0.2, 0) is 28.6 Å². The van der Waals surface area contributed by atoms with Gasteiger partial charge in [0.05, 0.1) is 35.6 Å². The number of methoxy groups -OCH3 is 1. The Balaban J connectivity index is 0.000000275. The summed E-state index contributed by atoms with van der Waals surface area (Å²) in [7, 11) is 1.42. The summed E-state index contributed by atoms with van der Waals surface area (Å²) < 4.78 is 90.5. The monoisotopic (exact) mass is 832 g/mol. The quantitative estimate of drug-likeness (QED) is 0.106. The van der Waals surface area contributed by atoms with Crippen molar-refractivity contribution in [2.45, 2.75) is 181 Å². The molecule has 3 N–H and O–H groups in total. The number of aliphatic hydroxyl groups is 3. The Kier molecular flexibility index (Phi) is 17.1. The molecule has 5 unspecified atom stereocenters. The molecule has 0 aliphatic heterocycles. The molecule has 0 saturated heterocycles. The van der Waals surface area contributed by atoms with E-state index in [1.165, 1.54) is 13.5 Å². The van der Waals surface area contributed by atoms with Crippen molar-refractivity contribution >= 4 is 17.9 Å². The number of fused-ring (bicyclic) bond motifs is 2. The van der Waals surface area contributed by atoms with E-state index in [9.17, 15) is 45.8 Å². The molecule has 0 radical (unpaired) electrons. The molecule has 0 aromatic rings. The molecule has 0 spiro atoms. The van der Waals surface area contributed by atoms with Crippen LogP contribution in [0.5, 0.6) is 0 Å². The van der Waals surface area contributed by atoms with Crippen molar-refractivity contribution < 1.29 is 70.3 Å². The third-order valence-electron chi connectivity index (χ3n) is 13.5. The number of aliphatic hydroxyl groups excluding tert-OH is 1. The van der Waals surface area contributed by atoms with Gasteiger partial charge in [0.2, 0.25) is 0 Å². The first-order chi connectivity index (χ1) is 25.9. The first kappa shape index (κ1) is 51.0. The van der Waals surface area contributed by atoms with Gasteiger partial charge in [-0.05, 0) is 148 Å². The van der Waals surface area contributed by atoms with Crippen LogP contribution < -0.4 is 0 Å². The molecule has 6 bridgehead atoms. The van der Waals surface area contributed by atoms with Crippen LogP contribution in [-0.4, -0.2) is 82.7 Å². The van der Waals surface area contributed by atoms with Crippen molar-refractivity contribution in [3.05, 3.63) is 0 Å². The predicted molar refractivity (Wildman–Crippen MR) is 201 cm³/mol. The molecule has 0 aromatic heterocycles. The SMILES string of the molecule is CCC(C)(C)C(=O)OC.CCC(C)(C)C(=O)OC12CC3CC(CC(O)(C3)C1)C2.CCC(C)(C)C(=O)OCCO.OC(CC1CC2CCC1C2)(C(F)(F)F)C(F)(F)F. The lowest BCUT2D eigenvalue weighted by Crippen LogP contribution is -2.61. The number of carbonyl (C=O) groups is 3. The fourth-order valence-electron chi connectivity index (χ4n) is 9.03. The maximum Gasteiger partial charge on any atom is 0.426 e. The number of alkyl halides is 6. The molecular weight excluding hydrogens is 762 g/mol. The molecule has 0 aromatic carbocycles. The van der Waals surface area contributed by atoms with Crippen LogP contribution in [0.3, 0.4) is 0 Å². The lowest BCUT2D eigenvalue weighted by Gasteiger charge is -2.59. The third kappa shape index (κ3) is 12.9. The van der Waals surface area contributed by atoms with Crippen molar-refractivity contribution in [2.75, 3.05) is 20.3 Å². The van der Waals surface area contributed by atoms with E-state index in [-0.39, 0.29) is 54.0 Å². The highest BCUT2D eigenvalue weighted by Crippen LogP contribution is 2.59. The first-order valence-electron chi connectivity index (χ1n) is 20.6. The Labute approximate surface area is 335 Å². The average molecular weight is 833 g/mol. The molecule has 6 fully saturated rings. The lowest BCUT2D eigenvalue weighted by molar-refractivity contribution is -0.373. The largest absolute Gasteiger partial charge is 0.469 e. The highest BCUT2D eigenvalue weighted by atomic mass is 19.4. The number of hydrogen-bond donors (Lipinski definition) is 3. The summed E-state index contributed by atoms with van der Waals surface area (Å²) in [6.45, 7) is 17.2. The standard InChI is InChI=1S/C16H26O3.C11H14F6O.C8H16O3.C7H14O2/c1-4-14(2,3)13(17)19-16-8-11-5-12(9-16)7-15(18,6-11)10-16;12-10(13,14)9(18,11(15,16)17)5-8-4-6-1-2-7(8)3-6;1-4-8(2,3)7(10)11-6-5-9;1-5-7(2,3)6(8)9-4/h11-12,18H,4-10H2,1-3H3;6-8,18H,1-5H2;9H,4-6H2,1-3H3;5H2,1-4H3. The molecule has 5 atom stereocenters. The molecule has 6 aliphatic rings. The number of carbonyl (C=O) groups excluding carboxylic acids is 3. The van der Waals surface area contributed by atoms with Crippen LogP contribution >= 0.6 is 0 Å². The van der Waals surface area contributed by atoms with Crippen molar-refractivity contribution in [1.82, 2.24) is 0 Å². The Morgan fingerprint density at radius 3 is 1.51 bits per heavy atom. The topological polar surface area (TPSA) is 140 Å². The lowest BCUT2D eigenvalue weighted by atomic mass is 9.52. The van der Waals surface area contributed by atoms with Crippen molar-refractivity contribution in [3.8, 4) is 0 Å². The van der Waals surface area contributed by atoms with Crippen molar-refractivity contribution in [3.63, 3.8) is 0 Å². The summed E-state index contributed by atoms with van der Waals surface area (Å²) in [4.78, 5) is 34.3. The second-order valence-electron chi connectivity index (χ2n) is 19.3. The van der Waals surface area contributed by atoms with E-state index < -0.39 is 46.7 Å². The zero-order valence-electron chi connectivity index (χ0n) is 35.8. The molecule has 9 nitrogen and oxygen atoms in total. The summed E-state index contributed by atoms with van der Waals surface area (Å²) in [5, 5.41) is 28.1. The first-order valence-corrected chi connectivity index (χ1v) is 20.6. The summed E-state index contributed by atoms with van der Waals surface area (Å²) in [6.07, 6.45) is -1.93. The summed E-state index contributed by atoms with van der Waals surface area (Å²) >= 11 is 0. The van der Waals surface area contributed by atoms with Crippen LogP contribution in [0.1, 0.15) is 152 Å². The van der Waals surface area contributed by atoms with Crippen LogP contribution in [0.15, 0.2) is 0 Å². The van der Waals surface area contributed by atoms with Gasteiger partial charge in [-0.1, -0.05) is 27.2 Å². The molecule has 0 amide bonds.